The fourth-order valence-corrected chi connectivity index (χ4v) is 3.66. The van der Waals surface area contributed by atoms with Crippen molar-refractivity contribution >= 4 is 16.0 Å². The molecule has 0 heterocycles. The smallest absolute Gasteiger partial charge is 0.344 e. The Kier molecular flexibility index (Phi) is 7.17. The van der Waals surface area contributed by atoms with Crippen LogP contribution in [0.2, 0.25) is 0 Å². The van der Waals surface area contributed by atoms with Crippen LogP contribution in [0.3, 0.4) is 0 Å². The van der Waals surface area contributed by atoms with E-state index in [0.29, 0.717) is 18.8 Å². The first-order valence-corrected chi connectivity index (χ1v) is 9.84. The zero-order valence-corrected chi connectivity index (χ0v) is 15.7. The van der Waals surface area contributed by atoms with Gasteiger partial charge in [-0.1, -0.05) is 30.3 Å². The lowest BCUT2D eigenvalue weighted by molar-refractivity contribution is -0.145. The van der Waals surface area contributed by atoms with Crippen LogP contribution < -0.4 is 9.46 Å². The minimum Gasteiger partial charge on any atom is -0.482 e. The van der Waals surface area contributed by atoms with Crippen molar-refractivity contribution in [2.75, 3.05) is 13.2 Å². The molecule has 0 radical (unpaired) electrons. The first-order chi connectivity index (χ1) is 12.4. The Labute approximate surface area is 154 Å². The van der Waals surface area contributed by atoms with Crippen molar-refractivity contribution in [1.82, 2.24) is 4.72 Å². The molecule has 6 nitrogen and oxygen atoms in total. The van der Waals surface area contributed by atoms with Crippen molar-refractivity contribution in [2.45, 2.75) is 31.2 Å². The molecule has 0 amide bonds. The molecule has 1 atom stereocenters. The first kappa shape index (κ1) is 19.9. The molecule has 7 heteroatoms. The number of benzene rings is 2. The largest absolute Gasteiger partial charge is 0.482 e. The lowest BCUT2D eigenvalue weighted by Gasteiger charge is -2.15. The summed E-state index contributed by atoms with van der Waals surface area (Å²) in [4.78, 5) is 11.5. The number of nitrogens with one attached hydrogen (secondary N) is 1. The molecule has 2 rings (SSSR count). The normalized spacial score (nSPS) is 12.4. The summed E-state index contributed by atoms with van der Waals surface area (Å²) in [6.07, 6.45) is 0.532. The van der Waals surface area contributed by atoms with E-state index < -0.39 is 16.0 Å². The molecule has 0 aliphatic heterocycles. The highest BCUT2D eigenvalue weighted by Crippen LogP contribution is 2.15. The molecular weight excluding hydrogens is 354 g/mol. The van der Waals surface area contributed by atoms with Crippen molar-refractivity contribution in [1.29, 1.82) is 0 Å². The molecule has 0 aromatic heterocycles. The number of sulfonamides is 1. The van der Waals surface area contributed by atoms with E-state index in [2.05, 4.69) is 4.72 Å². The Bertz CT molecular complexity index is 804. The Morgan fingerprint density at radius 2 is 1.73 bits per heavy atom. The number of ether oxygens (including phenoxy) is 2. The molecule has 0 saturated carbocycles. The van der Waals surface area contributed by atoms with E-state index in [4.69, 9.17) is 9.47 Å². The highest BCUT2D eigenvalue weighted by atomic mass is 32.2. The van der Waals surface area contributed by atoms with Gasteiger partial charge in [-0.15, -0.1) is 0 Å². The SMILES string of the molecule is CCOC(=O)COc1ccc(CC(C)NS(=O)(=O)c2ccccc2)cc1. The van der Waals surface area contributed by atoms with Gasteiger partial charge in [-0.2, -0.15) is 0 Å². The lowest BCUT2D eigenvalue weighted by Crippen LogP contribution is -2.34. The highest BCUT2D eigenvalue weighted by molar-refractivity contribution is 7.89. The maximum atomic E-state index is 12.3. The summed E-state index contributed by atoms with van der Waals surface area (Å²) in [6.45, 7) is 3.73. The number of hydrogen-bond donors (Lipinski definition) is 1. The second-order valence-corrected chi connectivity index (χ2v) is 7.49. The number of esters is 1. The minimum atomic E-state index is -3.54. The van der Waals surface area contributed by atoms with Crippen molar-refractivity contribution in [3.05, 3.63) is 60.2 Å². The molecule has 26 heavy (non-hydrogen) atoms. The molecule has 2 aromatic carbocycles. The van der Waals surface area contributed by atoms with Crippen LogP contribution in [0.4, 0.5) is 0 Å². The molecule has 0 aliphatic carbocycles. The van der Waals surface area contributed by atoms with Gasteiger partial charge in [0.05, 0.1) is 11.5 Å². The molecule has 0 aliphatic rings. The van der Waals surface area contributed by atoms with E-state index in [1.165, 1.54) is 0 Å². The van der Waals surface area contributed by atoms with Crippen molar-refractivity contribution in [2.24, 2.45) is 0 Å². The summed E-state index contributed by atoms with van der Waals surface area (Å²) in [7, 11) is -3.54. The van der Waals surface area contributed by atoms with E-state index >= 15 is 0 Å². The lowest BCUT2D eigenvalue weighted by atomic mass is 10.1. The highest BCUT2D eigenvalue weighted by Gasteiger charge is 2.17. The van der Waals surface area contributed by atoms with Crippen molar-refractivity contribution in [3.8, 4) is 5.75 Å². The van der Waals surface area contributed by atoms with Crippen LogP contribution in [0.15, 0.2) is 59.5 Å². The van der Waals surface area contributed by atoms with E-state index in [9.17, 15) is 13.2 Å². The molecule has 0 fully saturated rings. The molecule has 1 unspecified atom stereocenters. The Balaban J connectivity index is 1.89. The van der Waals surface area contributed by atoms with Gasteiger partial charge in [0.25, 0.3) is 0 Å². The average Bonchev–Trinajstić information content (AvgIpc) is 2.61. The summed E-state index contributed by atoms with van der Waals surface area (Å²) in [5, 5.41) is 0. The average molecular weight is 377 g/mol. The van der Waals surface area contributed by atoms with E-state index in [0.717, 1.165) is 5.56 Å². The zero-order chi connectivity index (χ0) is 19.0. The monoisotopic (exact) mass is 377 g/mol. The van der Waals surface area contributed by atoms with Crippen LogP contribution >= 0.6 is 0 Å². The number of carbonyl (C=O) groups is 1. The van der Waals surface area contributed by atoms with Gasteiger partial charge in [-0.3, -0.25) is 0 Å². The zero-order valence-electron chi connectivity index (χ0n) is 14.8. The topological polar surface area (TPSA) is 81.7 Å². The fourth-order valence-electron chi connectivity index (χ4n) is 2.39. The molecule has 0 spiro atoms. The van der Waals surface area contributed by atoms with Gasteiger partial charge in [-0.25, -0.2) is 17.9 Å². The molecule has 2 aromatic rings. The van der Waals surface area contributed by atoms with Gasteiger partial charge in [0.15, 0.2) is 6.61 Å². The first-order valence-electron chi connectivity index (χ1n) is 8.35. The molecule has 140 valence electrons. The van der Waals surface area contributed by atoms with E-state index in [1.54, 1.807) is 49.4 Å². The summed E-state index contributed by atoms with van der Waals surface area (Å²) in [6, 6.07) is 15.2. The number of rotatable bonds is 9. The molecule has 0 saturated heterocycles. The summed E-state index contributed by atoms with van der Waals surface area (Å²) in [5.74, 6) is 0.139. The van der Waals surface area contributed by atoms with Crippen LogP contribution in [0.25, 0.3) is 0 Å². The Morgan fingerprint density at radius 3 is 2.35 bits per heavy atom. The van der Waals surface area contributed by atoms with Crippen molar-refractivity contribution in [3.63, 3.8) is 0 Å². The number of carbonyl (C=O) groups excluding carboxylic acids is 1. The van der Waals surface area contributed by atoms with Crippen LogP contribution in [0.1, 0.15) is 19.4 Å². The predicted octanol–water partition coefficient (Wildman–Crippen LogP) is 2.54. The Hall–Kier alpha value is -2.38. The number of hydrogen-bond acceptors (Lipinski definition) is 5. The van der Waals surface area contributed by atoms with Crippen molar-refractivity contribution < 1.29 is 22.7 Å². The van der Waals surface area contributed by atoms with Crippen LogP contribution in [0, 0.1) is 0 Å². The second-order valence-electron chi connectivity index (χ2n) is 5.78. The Morgan fingerprint density at radius 1 is 1.08 bits per heavy atom. The van der Waals surface area contributed by atoms with Gasteiger partial charge in [-0.05, 0) is 50.1 Å². The fraction of sp³-hybridized carbons (Fsp3) is 0.316. The van der Waals surface area contributed by atoms with Crippen LogP contribution in [0.5, 0.6) is 5.75 Å². The molecular formula is C19H23NO5S. The van der Waals surface area contributed by atoms with Gasteiger partial charge in [0.1, 0.15) is 5.75 Å². The predicted molar refractivity (Wildman–Crippen MR) is 98.5 cm³/mol. The van der Waals surface area contributed by atoms with Crippen LogP contribution in [-0.4, -0.2) is 33.6 Å². The third kappa shape index (κ3) is 6.16. The third-order valence-corrected chi connectivity index (χ3v) is 5.14. The molecule has 1 N–H and O–H groups in total. The minimum absolute atomic E-state index is 0.138. The van der Waals surface area contributed by atoms with Gasteiger partial charge in [0.2, 0.25) is 10.0 Å². The standard InChI is InChI=1S/C19H23NO5S/c1-3-24-19(21)14-25-17-11-9-16(10-12-17)13-15(2)20-26(22,23)18-7-5-4-6-8-18/h4-12,15,20H,3,13-14H2,1-2H3. The summed E-state index contributed by atoms with van der Waals surface area (Å²) >= 11 is 0. The third-order valence-electron chi connectivity index (χ3n) is 3.54. The van der Waals surface area contributed by atoms with Gasteiger partial charge in [0, 0.05) is 6.04 Å². The van der Waals surface area contributed by atoms with Crippen LogP contribution in [-0.2, 0) is 26.0 Å². The van der Waals surface area contributed by atoms with Gasteiger partial charge >= 0.3 is 5.97 Å². The van der Waals surface area contributed by atoms with Gasteiger partial charge < -0.3 is 9.47 Å². The summed E-state index contributed by atoms with van der Waals surface area (Å²) in [5.41, 5.74) is 0.955. The van der Waals surface area contributed by atoms with E-state index in [-0.39, 0.29) is 17.5 Å². The quantitative estimate of drug-likeness (QED) is 0.679. The maximum absolute atomic E-state index is 12.3. The van der Waals surface area contributed by atoms with E-state index in [1.807, 2.05) is 19.1 Å². The maximum Gasteiger partial charge on any atom is 0.344 e. The summed E-state index contributed by atoms with van der Waals surface area (Å²) < 4.78 is 37.4. The second kappa shape index (κ2) is 9.35. The molecule has 0 bridgehead atoms.